The Bertz CT molecular complexity index is 1080. The van der Waals surface area contributed by atoms with E-state index in [1.54, 1.807) is 0 Å². The van der Waals surface area contributed by atoms with Gasteiger partial charge in [-0.3, -0.25) is 0 Å². The molecule has 0 fully saturated rings. The summed E-state index contributed by atoms with van der Waals surface area (Å²) in [6, 6.07) is 35.0. The van der Waals surface area contributed by atoms with Gasteiger partial charge in [0.25, 0.3) is 0 Å². The Hall–Kier alpha value is -3.72. The third-order valence-corrected chi connectivity index (χ3v) is 4.90. The van der Waals surface area contributed by atoms with Gasteiger partial charge >= 0.3 is 0 Å². The molecule has 1 N–H and O–H groups in total. The molecule has 0 amide bonds. The van der Waals surface area contributed by atoms with Gasteiger partial charge < -0.3 is 5.32 Å². The van der Waals surface area contributed by atoms with E-state index in [1.165, 1.54) is 23.1 Å². The molecule has 0 atom stereocenters. The molecular weight excluding hydrogens is 366 g/mol. The smallest absolute Gasteiger partial charge is 0.0858 e. The molecule has 0 aliphatic carbocycles. The molecule has 0 bridgehead atoms. The van der Waals surface area contributed by atoms with Gasteiger partial charge in [0, 0.05) is 11.4 Å². The van der Waals surface area contributed by atoms with Gasteiger partial charge in [-0.25, -0.2) is 0 Å². The fraction of sp³-hybridized carbons (Fsp3) is 0.111. The first-order valence-corrected chi connectivity index (χ1v) is 10.3. The molecule has 0 aromatic heterocycles. The van der Waals surface area contributed by atoms with Crippen LogP contribution in [-0.4, -0.2) is 0 Å². The van der Waals surface area contributed by atoms with Crippen LogP contribution in [0.25, 0.3) is 11.1 Å². The van der Waals surface area contributed by atoms with Crippen LogP contribution in [0.3, 0.4) is 0 Å². The summed E-state index contributed by atoms with van der Waals surface area (Å²) >= 11 is 0. The zero-order chi connectivity index (χ0) is 20.6. The fourth-order valence-electron chi connectivity index (χ4n) is 3.29. The van der Waals surface area contributed by atoms with E-state index in [0.29, 0.717) is 0 Å². The van der Waals surface area contributed by atoms with Crippen molar-refractivity contribution in [1.82, 2.24) is 0 Å². The Morgan fingerprint density at radius 2 is 1.07 bits per heavy atom. The van der Waals surface area contributed by atoms with Gasteiger partial charge in [-0.2, -0.15) is 10.2 Å². The molecule has 0 unspecified atom stereocenters. The molecule has 3 heteroatoms. The highest BCUT2D eigenvalue weighted by Crippen LogP contribution is 2.25. The lowest BCUT2D eigenvalue weighted by Gasteiger charge is -2.06. The van der Waals surface area contributed by atoms with Gasteiger partial charge in [-0.05, 0) is 71.6 Å². The summed E-state index contributed by atoms with van der Waals surface area (Å²) in [5, 5.41) is 12.1. The summed E-state index contributed by atoms with van der Waals surface area (Å²) in [6.45, 7) is 2.21. The Kier molecular flexibility index (Phi) is 6.31. The number of hydrogen-bond acceptors (Lipinski definition) is 3. The summed E-state index contributed by atoms with van der Waals surface area (Å²) < 4.78 is 0. The van der Waals surface area contributed by atoms with Gasteiger partial charge in [0.2, 0.25) is 0 Å². The molecule has 0 saturated carbocycles. The number of aryl methyl sites for hydroxylation is 1. The second-order valence-corrected chi connectivity index (χ2v) is 7.23. The highest BCUT2D eigenvalue weighted by Gasteiger charge is 1.99. The van der Waals surface area contributed by atoms with Gasteiger partial charge in [-0.15, -0.1) is 0 Å². The van der Waals surface area contributed by atoms with Crippen LogP contribution >= 0.6 is 0 Å². The minimum absolute atomic E-state index is 0.823. The van der Waals surface area contributed by atoms with E-state index in [1.807, 2.05) is 66.7 Å². The third kappa shape index (κ3) is 5.21. The summed E-state index contributed by atoms with van der Waals surface area (Å²) in [5.41, 5.74) is 7.54. The zero-order valence-corrected chi connectivity index (χ0v) is 17.1. The van der Waals surface area contributed by atoms with Crippen molar-refractivity contribution in [2.24, 2.45) is 10.2 Å². The Labute approximate surface area is 178 Å². The first-order valence-electron chi connectivity index (χ1n) is 10.3. The Morgan fingerprint density at radius 1 is 0.567 bits per heavy atom. The van der Waals surface area contributed by atoms with Gasteiger partial charge in [0.1, 0.15) is 0 Å². The van der Waals surface area contributed by atoms with E-state index in [9.17, 15) is 0 Å². The second kappa shape index (κ2) is 9.66. The first-order chi connectivity index (χ1) is 14.8. The predicted octanol–water partition coefficient (Wildman–Crippen LogP) is 8.47. The number of anilines is 2. The number of azo groups is 1. The van der Waals surface area contributed by atoms with Crippen LogP contribution in [0.4, 0.5) is 22.7 Å². The molecule has 0 aliphatic heterocycles. The average molecular weight is 392 g/mol. The van der Waals surface area contributed by atoms with Crippen LogP contribution in [0.5, 0.6) is 0 Å². The Morgan fingerprint density at radius 3 is 1.63 bits per heavy atom. The molecule has 4 rings (SSSR count). The molecule has 0 radical (unpaired) electrons. The maximum Gasteiger partial charge on any atom is 0.0858 e. The van der Waals surface area contributed by atoms with Crippen LogP contribution < -0.4 is 5.32 Å². The van der Waals surface area contributed by atoms with Crippen molar-refractivity contribution in [1.29, 1.82) is 0 Å². The van der Waals surface area contributed by atoms with E-state index in [2.05, 4.69) is 58.9 Å². The normalized spacial score (nSPS) is 11.0. The zero-order valence-electron chi connectivity index (χ0n) is 17.1. The molecule has 4 aromatic carbocycles. The number of nitrogens with zero attached hydrogens (tertiary/aromatic N) is 2. The van der Waals surface area contributed by atoms with E-state index in [-0.39, 0.29) is 0 Å². The maximum atomic E-state index is 4.37. The Balaban J connectivity index is 1.39. The van der Waals surface area contributed by atoms with Crippen LogP contribution in [0.15, 0.2) is 113 Å². The van der Waals surface area contributed by atoms with Gasteiger partial charge in [-0.1, -0.05) is 67.9 Å². The average Bonchev–Trinajstić information content (AvgIpc) is 2.80. The van der Waals surface area contributed by atoms with Crippen molar-refractivity contribution in [2.75, 3.05) is 5.32 Å². The molecule has 0 aliphatic rings. The van der Waals surface area contributed by atoms with E-state index in [4.69, 9.17) is 0 Å². The lowest BCUT2D eigenvalue weighted by Crippen LogP contribution is -1.88. The molecule has 4 aromatic rings. The molecular formula is C27H25N3. The van der Waals surface area contributed by atoms with Crippen LogP contribution in [0.2, 0.25) is 0 Å². The number of para-hydroxylation sites is 1. The number of hydrogen-bond donors (Lipinski definition) is 1. The van der Waals surface area contributed by atoms with Crippen LogP contribution in [0, 0.1) is 0 Å². The molecule has 0 heterocycles. The lowest BCUT2D eigenvalue weighted by atomic mass is 10.0. The van der Waals surface area contributed by atoms with Gasteiger partial charge in [0.15, 0.2) is 0 Å². The standard InChI is InChI=1S/C27H25N3/c1-2-6-21-9-11-22(12-10-21)23-13-15-26(16-14-23)29-30-27-19-17-25(18-20-27)28-24-7-4-3-5-8-24/h3-5,7-20,28H,2,6H2,1H3. The minimum atomic E-state index is 0.823. The maximum absolute atomic E-state index is 4.37. The number of nitrogens with one attached hydrogen (secondary N) is 1. The number of benzene rings is 4. The molecule has 148 valence electrons. The predicted molar refractivity (Wildman–Crippen MR) is 126 cm³/mol. The molecule has 3 nitrogen and oxygen atoms in total. The quantitative estimate of drug-likeness (QED) is 0.315. The highest BCUT2D eigenvalue weighted by molar-refractivity contribution is 5.66. The van der Waals surface area contributed by atoms with Crippen molar-refractivity contribution in [2.45, 2.75) is 19.8 Å². The van der Waals surface area contributed by atoms with E-state index >= 15 is 0 Å². The fourth-order valence-corrected chi connectivity index (χ4v) is 3.29. The SMILES string of the molecule is CCCc1ccc(-c2ccc(N=Nc3ccc(Nc4ccccc4)cc3)cc2)cc1. The van der Waals surface area contributed by atoms with Crippen LogP contribution in [-0.2, 0) is 6.42 Å². The largest absolute Gasteiger partial charge is 0.356 e. The van der Waals surface area contributed by atoms with E-state index in [0.717, 1.165) is 29.2 Å². The van der Waals surface area contributed by atoms with Gasteiger partial charge in [0.05, 0.1) is 11.4 Å². The summed E-state index contributed by atoms with van der Waals surface area (Å²) in [7, 11) is 0. The molecule has 30 heavy (non-hydrogen) atoms. The van der Waals surface area contributed by atoms with Crippen molar-refractivity contribution in [3.63, 3.8) is 0 Å². The second-order valence-electron chi connectivity index (χ2n) is 7.23. The number of rotatable bonds is 7. The molecule has 0 saturated heterocycles. The molecule has 0 spiro atoms. The van der Waals surface area contributed by atoms with Crippen molar-refractivity contribution >= 4 is 22.7 Å². The van der Waals surface area contributed by atoms with Crippen molar-refractivity contribution in [3.8, 4) is 11.1 Å². The third-order valence-electron chi connectivity index (χ3n) is 4.90. The summed E-state index contributed by atoms with van der Waals surface area (Å²) in [5.74, 6) is 0. The van der Waals surface area contributed by atoms with Crippen LogP contribution in [0.1, 0.15) is 18.9 Å². The minimum Gasteiger partial charge on any atom is -0.356 e. The monoisotopic (exact) mass is 391 g/mol. The van der Waals surface area contributed by atoms with E-state index < -0.39 is 0 Å². The van der Waals surface area contributed by atoms with Crippen molar-refractivity contribution < 1.29 is 0 Å². The lowest BCUT2D eigenvalue weighted by molar-refractivity contribution is 0.922. The highest BCUT2D eigenvalue weighted by atomic mass is 15.1. The first kappa shape index (κ1) is 19.6. The topological polar surface area (TPSA) is 36.8 Å². The summed E-state index contributed by atoms with van der Waals surface area (Å²) in [4.78, 5) is 0. The summed E-state index contributed by atoms with van der Waals surface area (Å²) in [6.07, 6.45) is 2.30. The van der Waals surface area contributed by atoms with Crippen molar-refractivity contribution in [3.05, 3.63) is 109 Å².